The van der Waals surface area contributed by atoms with Gasteiger partial charge in [-0.05, 0) is 40.8 Å². The van der Waals surface area contributed by atoms with E-state index < -0.39 is 11.8 Å². The molecule has 5 rings (SSSR count). The first-order valence-corrected chi connectivity index (χ1v) is 13.6. The molecule has 0 atom stereocenters. The van der Waals surface area contributed by atoms with Gasteiger partial charge >= 0.3 is 6.03 Å². The Bertz CT molecular complexity index is 1560. The Hall–Kier alpha value is -4.06. The smallest absolute Gasteiger partial charge is 0.323 e. The van der Waals surface area contributed by atoms with E-state index in [9.17, 15) is 4.79 Å². The number of rotatable bonds is 7. The molecule has 0 unspecified atom stereocenters. The second-order valence-electron chi connectivity index (χ2n) is 11.1. The minimum absolute atomic E-state index is 0.0489. The fraction of sp³-hybridized carbons (Fsp3) is 0.367. The van der Waals surface area contributed by atoms with Crippen LogP contribution in [-0.4, -0.2) is 58.9 Å². The molecule has 41 heavy (non-hydrogen) atoms. The summed E-state index contributed by atoms with van der Waals surface area (Å²) in [4.78, 5) is 19.2. The standard InChI is InChI=1S/C30H36FN7O3/c1-30(2,3)20-6-5-7-21(15-20)35-29(39)36-24-9-8-19(14-23(24)31)26-22(17-40-4)25(16-37-10-12-41-13-11-37)38-27(26)28(32)33-18-34-38/h5-9,14-15,18H,10-13,16-17H2,1-4H3,(H2,32,33,34)(H2,35,36,39). The zero-order chi connectivity index (χ0) is 29.1. The molecule has 1 saturated heterocycles. The van der Waals surface area contributed by atoms with Gasteiger partial charge in [0.05, 0.1) is 31.2 Å². The molecule has 0 aliphatic carbocycles. The van der Waals surface area contributed by atoms with Gasteiger partial charge in [-0.1, -0.05) is 39.0 Å². The topological polar surface area (TPSA) is 119 Å². The van der Waals surface area contributed by atoms with E-state index in [4.69, 9.17) is 15.2 Å². The number of anilines is 3. The summed E-state index contributed by atoms with van der Waals surface area (Å²) in [6, 6.07) is 11.7. The maximum Gasteiger partial charge on any atom is 0.323 e. The lowest BCUT2D eigenvalue weighted by Crippen LogP contribution is -2.36. The summed E-state index contributed by atoms with van der Waals surface area (Å²) in [6.45, 7) is 10.0. The highest BCUT2D eigenvalue weighted by Gasteiger charge is 2.25. The number of nitrogen functional groups attached to an aromatic ring is 1. The molecule has 1 fully saturated rings. The van der Waals surface area contributed by atoms with E-state index in [2.05, 4.69) is 46.4 Å². The number of nitrogens with zero attached hydrogens (tertiary/aromatic N) is 4. The number of carbonyl (C=O) groups excluding carboxylic acids is 1. The van der Waals surface area contributed by atoms with Crippen molar-refractivity contribution in [2.24, 2.45) is 0 Å². The van der Waals surface area contributed by atoms with Gasteiger partial charge in [0.25, 0.3) is 0 Å². The van der Waals surface area contributed by atoms with Gasteiger partial charge in [0, 0.05) is 43.6 Å². The number of nitrogens with one attached hydrogen (secondary N) is 2. The van der Waals surface area contributed by atoms with Crippen LogP contribution in [0.15, 0.2) is 48.8 Å². The maximum atomic E-state index is 15.5. The normalized spacial score (nSPS) is 14.4. The second-order valence-corrected chi connectivity index (χ2v) is 11.1. The fourth-order valence-electron chi connectivity index (χ4n) is 5.09. The van der Waals surface area contributed by atoms with Crippen LogP contribution >= 0.6 is 0 Å². The molecule has 3 heterocycles. The van der Waals surface area contributed by atoms with E-state index in [1.165, 1.54) is 18.5 Å². The van der Waals surface area contributed by atoms with Gasteiger partial charge in [-0.2, -0.15) is 5.10 Å². The quantitative estimate of drug-likeness (QED) is 0.289. The van der Waals surface area contributed by atoms with E-state index in [1.807, 2.05) is 18.2 Å². The highest BCUT2D eigenvalue weighted by atomic mass is 19.1. The highest BCUT2D eigenvalue weighted by molar-refractivity contribution is 6.00. The second kappa shape index (κ2) is 11.8. The molecule has 4 aromatic rings. The van der Waals surface area contributed by atoms with Crippen LogP contribution in [0.4, 0.5) is 26.4 Å². The highest BCUT2D eigenvalue weighted by Crippen LogP contribution is 2.37. The zero-order valence-corrected chi connectivity index (χ0v) is 23.8. The van der Waals surface area contributed by atoms with Crippen LogP contribution in [0.5, 0.6) is 0 Å². The minimum Gasteiger partial charge on any atom is -0.382 e. The van der Waals surface area contributed by atoms with Crippen LogP contribution in [0.3, 0.4) is 0 Å². The fourth-order valence-corrected chi connectivity index (χ4v) is 5.09. The zero-order valence-electron chi connectivity index (χ0n) is 23.8. The average Bonchev–Trinajstić information content (AvgIpc) is 3.24. The molecule has 11 heteroatoms. The van der Waals surface area contributed by atoms with Crippen LogP contribution in [0.1, 0.15) is 37.6 Å². The SMILES string of the molecule is COCc1c(-c2ccc(NC(=O)Nc3cccc(C(C)(C)C)c3)c(F)c2)c2c(N)ncnn2c1CN1CCOCC1. The number of aromatic nitrogens is 3. The third-order valence-corrected chi connectivity index (χ3v) is 7.22. The summed E-state index contributed by atoms with van der Waals surface area (Å²) in [7, 11) is 1.61. The predicted octanol–water partition coefficient (Wildman–Crippen LogP) is 5.04. The van der Waals surface area contributed by atoms with Crippen molar-refractivity contribution in [2.45, 2.75) is 39.3 Å². The molecule has 0 radical (unpaired) electrons. The van der Waals surface area contributed by atoms with Crippen molar-refractivity contribution in [3.8, 4) is 11.1 Å². The van der Waals surface area contributed by atoms with Crippen LogP contribution in [0.25, 0.3) is 16.6 Å². The number of morpholine rings is 1. The Labute approximate surface area is 238 Å². The van der Waals surface area contributed by atoms with E-state index in [0.717, 1.165) is 29.9 Å². The van der Waals surface area contributed by atoms with Crippen LogP contribution in [0.2, 0.25) is 0 Å². The molecule has 4 N–H and O–H groups in total. The molecule has 0 saturated carbocycles. The van der Waals surface area contributed by atoms with Gasteiger partial charge in [-0.3, -0.25) is 4.90 Å². The molecule has 216 valence electrons. The number of nitrogens with two attached hydrogens (primary N) is 1. The first-order chi connectivity index (χ1) is 19.7. The number of carbonyl (C=O) groups is 1. The molecule has 0 bridgehead atoms. The Morgan fingerprint density at radius 1 is 1.15 bits per heavy atom. The number of methoxy groups -OCH3 is 1. The molecular formula is C30H36FN7O3. The lowest BCUT2D eigenvalue weighted by molar-refractivity contribution is 0.0331. The summed E-state index contributed by atoms with van der Waals surface area (Å²) in [5.74, 6) is -0.311. The Balaban J connectivity index is 1.46. The van der Waals surface area contributed by atoms with Crippen molar-refractivity contribution in [1.29, 1.82) is 0 Å². The molecule has 1 aliphatic rings. The van der Waals surface area contributed by atoms with E-state index in [0.29, 0.717) is 42.1 Å². The number of hydrogen-bond donors (Lipinski definition) is 3. The minimum atomic E-state index is -0.589. The molecular weight excluding hydrogens is 525 g/mol. The molecule has 2 amide bonds. The monoisotopic (exact) mass is 561 g/mol. The maximum absolute atomic E-state index is 15.5. The largest absolute Gasteiger partial charge is 0.382 e. The Morgan fingerprint density at radius 3 is 2.63 bits per heavy atom. The lowest BCUT2D eigenvalue weighted by atomic mass is 9.87. The Morgan fingerprint density at radius 2 is 1.93 bits per heavy atom. The number of halogens is 1. The van der Waals surface area contributed by atoms with Gasteiger partial charge < -0.3 is 25.8 Å². The van der Waals surface area contributed by atoms with Crippen molar-refractivity contribution < 1.29 is 18.7 Å². The molecule has 2 aromatic heterocycles. The van der Waals surface area contributed by atoms with Gasteiger partial charge in [0.1, 0.15) is 17.7 Å². The first kappa shape index (κ1) is 28.5. The van der Waals surface area contributed by atoms with E-state index >= 15 is 4.39 Å². The number of hydrogen-bond acceptors (Lipinski definition) is 7. The number of amides is 2. The summed E-state index contributed by atoms with van der Waals surface area (Å²) in [5, 5.41) is 9.90. The molecule has 10 nitrogen and oxygen atoms in total. The van der Waals surface area contributed by atoms with Crippen molar-refractivity contribution >= 4 is 28.7 Å². The van der Waals surface area contributed by atoms with Crippen molar-refractivity contribution in [3.63, 3.8) is 0 Å². The number of urea groups is 1. The summed E-state index contributed by atoms with van der Waals surface area (Å²) < 4.78 is 28.3. The van der Waals surface area contributed by atoms with Crippen molar-refractivity contribution in [1.82, 2.24) is 19.5 Å². The van der Waals surface area contributed by atoms with Crippen LogP contribution in [-0.2, 0) is 28.0 Å². The lowest BCUT2D eigenvalue weighted by Gasteiger charge is -2.26. The molecule has 0 spiro atoms. The molecule has 2 aromatic carbocycles. The number of fused-ring (bicyclic) bond motifs is 1. The predicted molar refractivity (Wildman–Crippen MR) is 157 cm³/mol. The Kier molecular flexibility index (Phi) is 8.20. The third-order valence-electron chi connectivity index (χ3n) is 7.22. The number of ether oxygens (including phenoxy) is 2. The van der Waals surface area contributed by atoms with Gasteiger partial charge in [0.2, 0.25) is 0 Å². The summed E-state index contributed by atoms with van der Waals surface area (Å²) in [6.07, 6.45) is 1.41. The number of benzene rings is 2. The van der Waals surface area contributed by atoms with Gasteiger partial charge in [0.15, 0.2) is 5.82 Å². The van der Waals surface area contributed by atoms with Gasteiger partial charge in [-0.15, -0.1) is 0 Å². The summed E-state index contributed by atoms with van der Waals surface area (Å²) in [5.41, 5.74) is 11.6. The molecule has 1 aliphatic heterocycles. The van der Waals surface area contributed by atoms with Gasteiger partial charge in [-0.25, -0.2) is 18.7 Å². The van der Waals surface area contributed by atoms with E-state index in [-0.39, 0.29) is 23.5 Å². The van der Waals surface area contributed by atoms with Crippen LogP contribution in [0, 0.1) is 5.82 Å². The summed E-state index contributed by atoms with van der Waals surface area (Å²) >= 11 is 0. The first-order valence-electron chi connectivity index (χ1n) is 13.6. The average molecular weight is 562 g/mol. The van der Waals surface area contributed by atoms with Crippen LogP contribution < -0.4 is 16.4 Å². The van der Waals surface area contributed by atoms with Crippen molar-refractivity contribution in [3.05, 3.63) is 71.4 Å². The van der Waals surface area contributed by atoms with Crippen molar-refractivity contribution in [2.75, 3.05) is 49.8 Å². The third kappa shape index (κ3) is 6.17. The van der Waals surface area contributed by atoms with E-state index in [1.54, 1.807) is 23.8 Å².